The first-order valence-corrected chi connectivity index (χ1v) is 23.0. The van der Waals surface area contributed by atoms with Gasteiger partial charge in [0.15, 0.2) is 5.78 Å². The van der Waals surface area contributed by atoms with Crippen molar-refractivity contribution in [3.8, 4) is 0 Å². The fourth-order valence-electron chi connectivity index (χ4n) is 14.6. The highest BCUT2D eigenvalue weighted by atomic mass is 35.5. The molecule has 59 heavy (non-hydrogen) atoms. The van der Waals surface area contributed by atoms with Crippen molar-refractivity contribution < 1.29 is 29.0 Å². The molecule has 0 aromatic heterocycles. The van der Waals surface area contributed by atoms with Crippen LogP contribution in [-0.2, 0) is 25.7 Å². The Morgan fingerprint density at radius 3 is 2.14 bits per heavy atom. The molecule has 0 heterocycles. The Bertz CT molecular complexity index is 1890. The molecule has 10 atom stereocenters. The van der Waals surface area contributed by atoms with Crippen molar-refractivity contribution >= 4 is 35.4 Å². The zero-order valence-corrected chi connectivity index (χ0v) is 38.6. The minimum atomic E-state index is -0.835. The summed E-state index contributed by atoms with van der Waals surface area (Å²) >= 11 is 6.22. The lowest BCUT2D eigenvalue weighted by Crippen LogP contribution is -2.67. The van der Waals surface area contributed by atoms with Crippen molar-refractivity contribution in [2.24, 2.45) is 62.6 Å². The second-order valence-corrected chi connectivity index (χ2v) is 22.8. The van der Waals surface area contributed by atoms with Crippen LogP contribution in [-0.4, -0.2) is 77.5 Å². The van der Waals surface area contributed by atoms with E-state index < -0.39 is 28.8 Å². The van der Waals surface area contributed by atoms with Crippen molar-refractivity contribution in [2.45, 2.75) is 145 Å². The van der Waals surface area contributed by atoms with E-state index in [1.54, 1.807) is 0 Å². The van der Waals surface area contributed by atoms with Gasteiger partial charge in [-0.3, -0.25) is 14.4 Å². The molecule has 2 amide bonds. The minimum absolute atomic E-state index is 0.0196. The van der Waals surface area contributed by atoms with Crippen molar-refractivity contribution in [2.75, 3.05) is 27.2 Å². The number of carboxylic acid groups (broad SMARTS) is 1. The highest BCUT2D eigenvalue weighted by Gasteiger charge is 2.70. The van der Waals surface area contributed by atoms with Crippen LogP contribution >= 0.6 is 11.6 Å². The molecule has 1 aromatic rings. The minimum Gasteiger partial charge on any atom is -0.481 e. The van der Waals surface area contributed by atoms with Crippen LogP contribution in [0.1, 0.15) is 132 Å². The van der Waals surface area contributed by atoms with Crippen LogP contribution in [0.3, 0.4) is 0 Å². The number of rotatable bonds is 10. The Morgan fingerprint density at radius 1 is 0.847 bits per heavy atom. The quantitative estimate of drug-likeness (QED) is 0.226. The molecule has 0 unspecified atom stereocenters. The van der Waals surface area contributed by atoms with Gasteiger partial charge in [-0.15, -0.1) is 0 Å². The van der Waals surface area contributed by atoms with Gasteiger partial charge in [0.2, 0.25) is 0 Å². The van der Waals surface area contributed by atoms with E-state index in [2.05, 4.69) is 58.7 Å². The highest BCUT2D eigenvalue weighted by molar-refractivity contribution is 6.30. The number of nitrogens with one attached hydrogen (secondary N) is 1. The van der Waals surface area contributed by atoms with E-state index >= 15 is 0 Å². The average Bonchev–Trinajstić information content (AvgIpc) is 3.43. The molecule has 1 aromatic carbocycles. The number of benzene rings is 1. The number of ether oxygens (including phenoxy) is 1. The van der Waals surface area contributed by atoms with Gasteiger partial charge in [0, 0.05) is 36.5 Å². The first-order valence-electron chi connectivity index (χ1n) is 22.6. The predicted molar refractivity (Wildman–Crippen MR) is 232 cm³/mol. The molecule has 0 saturated heterocycles. The van der Waals surface area contributed by atoms with Crippen molar-refractivity contribution in [3.05, 3.63) is 46.0 Å². The highest BCUT2D eigenvalue weighted by Crippen LogP contribution is 2.76. The monoisotopic (exact) mass is 834 g/mol. The van der Waals surface area contributed by atoms with Gasteiger partial charge in [-0.2, -0.15) is 0 Å². The second-order valence-electron chi connectivity index (χ2n) is 22.3. The van der Waals surface area contributed by atoms with Gasteiger partial charge in [-0.05, 0) is 146 Å². The third kappa shape index (κ3) is 6.99. The van der Waals surface area contributed by atoms with E-state index in [9.17, 15) is 24.3 Å². The van der Waals surface area contributed by atoms with Crippen LogP contribution in [0.15, 0.2) is 35.4 Å². The lowest BCUT2D eigenvalue weighted by Gasteiger charge is -2.72. The zero-order valence-electron chi connectivity index (χ0n) is 37.8. The maximum absolute atomic E-state index is 14.6. The van der Waals surface area contributed by atoms with Crippen LogP contribution in [0, 0.1) is 62.6 Å². The number of halogens is 1. The summed E-state index contributed by atoms with van der Waals surface area (Å²) in [5.41, 5.74) is 1.66. The molecule has 6 aliphatic rings. The predicted octanol–water partition coefficient (Wildman–Crippen LogP) is 9.80. The molecule has 0 spiro atoms. The molecule has 0 aliphatic heterocycles. The molecule has 2 N–H and O–H groups in total. The van der Waals surface area contributed by atoms with Crippen LogP contribution in [0.25, 0.3) is 0 Å². The Morgan fingerprint density at radius 2 is 1.53 bits per heavy atom. The molecule has 5 fully saturated rings. The molecule has 0 bridgehead atoms. The number of nitrogens with zero attached hydrogens (tertiary/aromatic N) is 2. The van der Waals surface area contributed by atoms with E-state index in [-0.39, 0.29) is 57.4 Å². The van der Waals surface area contributed by atoms with Gasteiger partial charge in [-0.1, -0.05) is 86.0 Å². The lowest BCUT2D eigenvalue weighted by atomic mass is 9.33. The first-order chi connectivity index (χ1) is 27.4. The van der Waals surface area contributed by atoms with Crippen LogP contribution in [0.5, 0.6) is 0 Å². The number of esters is 1. The number of amides is 2. The SMILES string of the molecule is CC(C)C1=C2[C@H]3CC[C@@H]4[C@@]5(C)CC[C@H](OC(=O)[C@H]6C[C@@H](C(=O)O)C6(C)C)C(C)(C)[C@@H]5CC[C@@]4(C)[C@]3(C)CC[C@@]2(NC(=O)N(CCN(C)C)Cc2ccc(Cl)cc2)CC1=O. The number of Topliss-reactive ketones (excluding diaryl/α,β-unsaturated/α-hetero) is 1. The fraction of sp³-hybridized carbons (Fsp3) is 0.755. The zero-order chi connectivity index (χ0) is 43.2. The summed E-state index contributed by atoms with van der Waals surface area (Å²) in [5, 5.41) is 14.0. The van der Waals surface area contributed by atoms with E-state index in [4.69, 9.17) is 16.3 Å². The molecule has 5 saturated carbocycles. The number of aliphatic carboxylic acids is 1. The van der Waals surface area contributed by atoms with E-state index in [0.29, 0.717) is 42.8 Å². The largest absolute Gasteiger partial charge is 0.481 e. The number of urea groups is 1. The number of hydrogen-bond acceptors (Lipinski definition) is 6. The summed E-state index contributed by atoms with van der Waals surface area (Å²) in [5.74, 6) is -0.684. The molecular weight excluding hydrogens is 762 g/mol. The van der Waals surface area contributed by atoms with Crippen LogP contribution < -0.4 is 5.32 Å². The van der Waals surface area contributed by atoms with E-state index in [1.807, 2.05) is 57.1 Å². The molecule has 0 radical (unpaired) electrons. The number of carboxylic acids is 1. The number of likely N-dealkylation sites (N-methyl/N-ethyl adjacent to an activating group) is 1. The maximum Gasteiger partial charge on any atom is 0.318 e. The number of carbonyl (C=O) groups is 4. The Hall–Kier alpha value is -2.91. The van der Waals surface area contributed by atoms with Gasteiger partial charge in [-0.25, -0.2) is 4.79 Å². The number of allylic oxidation sites excluding steroid dienone is 1. The summed E-state index contributed by atoms with van der Waals surface area (Å²) in [6.07, 6.45) is 8.13. The second kappa shape index (κ2) is 15.2. The number of ketones is 1. The smallest absolute Gasteiger partial charge is 0.318 e. The molecule has 10 heteroatoms. The van der Waals surface area contributed by atoms with Gasteiger partial charge in [0.05, 0.1) is 17.4 Å². The normalized spacial score (nSPS) is 38.1. The van der Waals surface area contributed by atoms with Gasteiger partial charge in [0.1, 0.15) is 6.10 Å². The summed E-state index contributed by atoms with van der Waals surface area (Å²) in [6, 6.07) is 7.58. The standard InChI is InChI=1S/C49H72ClN3O6/c1-29(2)39-35(54)27-49(51-43(58)53(25-24-52(10)11)28-30-12-14-31(50)15-13-30)23-22-47(8)32(40(39)49)16-17-37-46(7)20-19-38(45(5,6)36(46)18-21-48(37,47)9)59-42(57)34-26-33(41(55)56)44(34,3)4/h12-15,29,32-34,36-38H,16-28H2,1-11H3,(H,51,58)(H,55,56)/t32-,33+,34-,36+,37-,38+,46+,47-,48-,49-/m1/s1. The van der Waals surface area contributed by atoms with Crippen LogP contribution in [0.2, 0.25) is 5.02 Å². The summed E-state index contributed by atoms with van der Waals surface area (Å²) in [7, 11) is 4.04. The Labute approximate surface area is 358 Å². The number of hydrogen-bond donors (Lipinski definition) is 2. The summed E-state index contributed by atoms with van der Waals surface area (Å²) in [6.45, 7) is 22.1. The third-order valence-electron chi connectivity index (χ3n) is 18.2. The summed E-state index contributed by atoms with van der Waals surface area (Å²) in [4.78, 5) is 58.4. The number of carbonyl (C=O) groups excluding carboxylic acids is 3. The van der Waals surface area contributed by atoms with E-state index in [0.717, 1.165) is 69.0 Å². The van der Waals surface area contributed by atoms with E-state index in [1.165, 1.54) is 5.57 Å². The number of fused-ring (bicyclic) bond motifs is 7. The Balaban J connectivity index is 1.15. The van der Waals surface area contributed by atoms with Gasteiger partial charge >= 0.3 is 18.0 Å². The molecule has 326 valence electrons. The fourth-order valence-corrected chi connectivity index (χ4v) is 14.7. The topological polar surface area (TPSA) is 116 Å². The molecule has 6 aliphatic carbocycles. The van der Waals surface area contributed by atoms with Crippen molar-refractivity contribution in [1.29, 1.82) is 0 Å². The molecule has 7 rings (SSSR count). The van der Waals surface area contributed by atoms with Crippen molar-refractivity contribution in [1.82, 2.24) is 15.1 Å². The first kappa shape index (κ1) is 44.2. The average molecular weight is 835 g/mol. The lowest BCUT2D eigenvalue weighted by molar-refractivity contribution is -0.235. The Kier molecular flexibility index (Phi) is 11.4. The summed E-state index contributed by atoms with van der Waals surface area (Å²) < 4.78 is 6.44. The third-order valence-corrected chi connectivity index (χ3v) is 18.5. The van der Waals surface area contributed by atoms with Crippen molar-refractivity contribution in [3.63, 3.8) is 0 Å². The van der Waals surface area contributed by atoms with Gasteiger partial charge < -0.3 is 25.0 Å². The van der Waals surface area contributed by atoms with Gasteiger partial charge in [0.25, 0.3) is 0 Å². The maximum atomic E-state index is 14.6. The molecular formula is C49H72ClN3O6. The molecule has 9 nitrogen and oxygen atoms in total. The van der Waals surface area contributed by atoms with Crippen LogP contribution in [0.4, 0.5) is 4.79 Å².